The lowest BCUT2D eigenvalue weighted by Gasteiger charge is -2.24. The molecule has 0 amide bonds. The van der Waals surface area contributed by atoms with E-state index in [1.54, 1.807) is 0 Å². The van der Waals surface area contributed by atoms with Crippen molar-refractivity contribution in [2.75, 3.05) is 19.7 Å². The third kappa shape index (κ3) is 6.39. The summed E-state index contributed by atoms with van der Waals surface area (Å²) in [6.45, 7) is 9.63. The van der Waals surface area contributed by atoms with Crippen molar-refractivity contribution >= 4 is 0 Å². The maximum atomic E-state index is 5.76. The smallest absolute Gasteiger partial charge is 0.0779 e. The first-order valence-electron chi connectivity index (χ1n) is 7.12. The van der Waals surface area contributed by atoms with Crippen molar-refractivity contribution < 1.29 is 4.74 Å². The van der Waals surface area contributed by atoms with Crippen molar-refractivity contribution in [2.45, 2.75) is 64.5 Å². The number of ether oxygens (including phenoxy) is 1. The van der Waals surface area contributed by atoms with Crippen LogP contribution in [0.15, 0.2) is 0 Å². The number of hydrogen-bond acceptors (Lipinski definition) is 3. The van der Waals surface area contributed by atoms with Crippen LogP contribution in [0.2, 0.25) is 0 Å². The summed E-state index contributed by atoms with van der Waals surface area (Å²) in [6.07, 6.45) is 6.06. The van der Waals surface area contributed by atoms with E-state index in [-0.39, 0.29) is 5.60 Å². The molecule has 0 radical (unpaired) electrons. The quantitative estimate of drug-likeness (QED) is 0.686. The second-order valence-corrected chi connectivity index (χ2v) is 6.05. The Morgan fingerprint density at radius 3 is 2.71 bits per heavy atom. The molecule has 3 N–H and O–H groups in total. The van der Waals surface area contributed by atoms with Crippen molar-refractivity contribution in [3.8, 4) is 0 Å². The first kappa shape index (κ1) is 14.9. The van der Waals surface area contributed by atoms with Gasteiger partial charge in [0.25, 0.3) is 0 Å². The van der Waals surface area contributed by atoms with Gasteiger partial charge in [0.05, 0.1) is 5.60 Å². The normalized spacial score (nSPS) is 28.2. The fourth-order valence-corrected chi connectivity index (χ4v) is 2.45. The second kappa shape index (κ2) is 7.34. The molecule has 0 spiro atoms. The van der Waals surface area contributed by atoms with Crippen molar-refractivity contribution in [2.24, 2.45) is 11.7 Å². The Labute approximate surface area is 106 Å². The molecule has 1 heterocycles. The van der Waals surface area contributed by atoms with Gasteiger partial charge in [0, 0.05) is 19.2 Å². The zero-order chi connectivity index (χ0) is 12.7. The highest BCUT2D eigenvalue weighted by Gasteiger charge is 2.29. The number of nitrogens with two attached hydrogens (primary N) is 1. The molecule has 0 aliphatic carbocycles. The third-order valence-corrected chi connectivity index (χ3v) is 3.65. The van der Waals surface area contributed by atoms with E-state index in [1.807, 2.05) is 0 Å². The van der Waals surface area contributed by atoms with Crippen LogP contribution in [0.3, 0.4) is 0 Å². The molecule has 3 atom stereocenters. The summed E-state index contributed by atoms with van der Waals surface area (Å²) in [5.41, 5.74) is 5.84. The molecule has 0 aromatic carbocycles. The molecule has 3 nitrogen and oxygen atoms in total. The first-order valence-corrected chi connectivity index (χ1v) is 7.12. The largest absolute Gasteiger partial charge is 0.374 e. The van der Waals surface area contributed by atoms with Crippen LogP contribution in [0.4, 0.5) is 0 Å². The molecule has 0 bridgehead atoms. The van der Waals surface area contributed by atoms with Gasteiger partial charge in [0.2, 0.25) is 0 Å². The van der Waals surface area contributed by atoms with Crippen LogP contribution in [0.5, 0.6) is 0 Å². The maximum Gasteiger partial charge on any atom is 0.0779 e. The van der Waals surface area contributed by atoms with E-state index >= 15 is 0 Å². The summed E-state index contributed by atoms with van der Waals surface area (Å²) in [4.78, 5) is 0. The predicted octanol–water partition coefficient (Wildman–Crippen LogP) is 2.30. The van der Waals surface area contributed by atoms with Gasteiger partial charge in [0.15, 0.2) is 0 Å². The summed E-state index contributed by atoms with van der Waals surface area (Å²) >= 11 is 0. The monoisotopic (exact) mass is 242 g/mol. The fraction of sp³-hybridized carbons (Fsp3) is 1.00. The minimum absolute atomic E-state index is 0.0888. The summed E-state index contributed by atoms with van der Waals surface area (Å²) < 4.78 is 5.76. The van der Waals surface area contributed by atoms with Gasteiger partial charge in [-0.15, -0.1) is 0 Å². The number of rotatable bonds is 8. The van der Waals surface area contributed by atoms with Gasteiger partial charge in [-0.05, 0) is 52.0 Å². The van der Waals surface area contributed by atoms with Crippen LogP contribution >= 0.6 is 0 Å². The maximum absolute atomic E-state index is 5.76. The molecule has 3 unspecified atom stereocenters. The first-order chi connectivity index (χ1) is 8.02. The molecule has 1 aliphatic rings. The Kier molecular flexibility index (Phi) is 6.45. The molecule has 3 heteroatoms. The predicted molar refractivity (Wildman–Crippen MR) is 73.1 cm³/mol. The van der Waals surface area contributed by atoms with E-state index in [0.717, 1.165) is 32.0 Å². The van der Waals surface area contributed by atoms with Gasteiger partial charge in [-0.25, -0.2) is 0 Å². The summed E-state index contributed by atoms with van der Waals surface area (Å²) in [6, 6.07) is 0.348. The standard InChI is InChI=1S/C14H30N2O/c1-12(6-4-7-13(2)15)10-16-11-14(3)8-5-9-17-14/h12-13,16H,4-11,15H2,1-3H3. The molecule has 1 rings (SSSR count). The van der Waals surface area contributed by atoms with E-state index in [4.69, 9.17) is 10.5 Å². The average Bonchev–Trinajstić information content (AvgIpc) is 2.65. The molecule has 1 fully saturated rings. The fourth-order valence-electron chi connectivity index (χ4n) is 2.45. The Morgan fingerprint density at radius 1 is 1.35 bits per heavy atom. The van der Waals surface area contributed by atoms with Gasteiger partial charge >= 0.3 is 0 Å². The van der Waals surface area contributed by atoms with Crippen molar-refractivity contribution in [1.29, 1.82) is 0 Å². The molecule has 17 heavy (non-hydrogen) atoms. The van der Waals surface area contributed by atoms with Crippen LogP contribution < -0.4 is 11.1 Å². The zero-order valence-corrected chi connectivity index (χ0v) is 11.8. The van der Waals surface area contributed by atoms with E-state index in [9.17, 15) is 0 Å². The SMILES string of the molecule is CC(N)CCCC(C)CNCC1(C)CCCO1. The highest BCUT2D eigenvalue weighted by Crippen LogP contribution is 2.23. The Morgan fingerprint density at radius 2 is 2.12 bits per heavy atom. The molecule has 0 aromatic heterocycles. The highest BCUT2D eigenvalue weighted by atomic mass is 16.5. The van der Waals surface area contributed by atoms with Crippen molar-refractivity contribution in [3.05, 3.63) is 0 Å². The lowest BCUT2D eigenvalue weighted by atomic mass is 10.0. The van der Waals surface area contributed by atoms with E-state index in [1.165, 1.54) is 25.7 Å². The lowest BCUT2D eigenvalue weighted by molar-refractivity contribution is 0.0204. The minimum Gasteiger partial charge on any atom is -0.374 e. The van der Waals surface area contributed by atoms with E-state index in [2.05, 4.69) is 26.1 Å². The van der Waals surface area contributed by atoms with Crippen molar-refractivity contribution in [3.63, 3.8) is 0 Å². The second-order valence-electron chi connectivity index (χ2n) is 6.05. The van der Waals surface area contributed by atoms with Gasteiger partial charge in [0.1, 0.15) is 0 Å². The van der Waals surface area contributed by atoms with Crippen LogP contribution in [0.1, 0.15) is 52.9 Å². The van der Waals surface area contributed by atoms with Gasteiger partial charge in [-0.1, -0.05) is 13.3 Å². The summed E-state index contributed by atoms with van der Waals surface area (Å²) in [5, 5.41) is 3.55. The van der Waals surface area contributed by atoms with Crippen LogP contribution in [0, 0.1) is 5.92 Å². The Hall–Kier alpha value is -0.120. The van der Waals surface area contributed by atoms with Gasteiger partial charge in [-0.3, -0.25) is 0 Å². The Balaban J connectivity index is 2.01. The lowest BCUT2D eigenvalue weighted by Crippen LogP contribution is -2.38. The highest BCUT2D eigenvalue weighted by molar-refractivity contribution is 4.82. The molecule has 102 valence electrons. The number of hydrogen-bond donors (Lipinski definition) is 2. The van der Waals surface area contributed by atoms with Crippen LogP contribution in [0.25, 0.3) is 0 Å². The summed E-state index contributed by atoms with van der Waals surface area (Å²) in [5.74, 6) is 0.735. The van der Waals surface area contributed by atoms with E-state index < -0.39 is 0 Å². The molecule has 1 aliphatic heterocycles. The zero-order valence-electron chi connectivity index (χ0n) is 11.8. The third-order valence-electron chi connectivity index (χ3n) is 3.65. The molecule has 0 aromatic rings. The topological polar surface area (TPSA) is 47.3 Å². The van der Waals surface area contributed by atoms with E-state index in [0.29, 0.717) is 6.04 Å². The van der Waals surface area contributed by atoms with Gasteiger partial charge in [-0.2, -0.15) is 0 Å². The van der Waals surface area contributed by atoms with Crippen LogP contribution in [-0.4, -0.2) is 31.3 Å². The number of nitrogens with one attached hydrogen (secondary N) is 1. The van der Waals surface area contributed by atoms with Crippen molar-refractivity contribution in [1.82, 2.24) is 5.32 Å². The van der Waals surface area contributed by atoms with Gasteiger partial charge < -0.3 is 15.8 Å². The molecular formula is C14H30N2O. The average molecular weight is 242 g/mol. The molecular weight excluding hydrogens is 212 g/mol. The molecule has 1 saturated heterocycles. The summed E-state index contributed by atoms with van der Waals surface area (Å²) in [7, 11) is 0. The van der Waals surface area contributed by atoms with Crippen LogP contribution in [-0.2, 0) is 4.74 Å². The minimum atomic E-state index is 0.0888. The Bertz CT molecular complexity index is 200. The molecule has 0 saturated carbocycles.